The second-order valence-electron chi connectivity index (χ2n) is 3.43. The van der Waals surface area contributed by atoms with Crippen LogP contribution in [0.15, 0.2) is 24.3 Å². The van der Waals surface area contributed by atoms with Crippen LogP contribution in [0.1, 0.15) is 12.5 Å². The molecule has 2 atom stereocenters. The molecule has 0 saturated heterocycles. The number of nitro benzene ring substituents is 1. The smallest absolute Gasteiger partial charge is 0.318 e. The van der Waals surface area contributed by atoms with E-state index in [1.807, 2.05) is 0 Å². The second-order valence-corrected chi connectivity index (χ2v) is 5.19. The van der Waals surface area contributed by atoms with Crippen LogP contribution in [0.2, 0.25) is 0 Å². The molecular formula is C10H11NO5S. The Hall–Kier alpha value is -1.76. The van der Waals surface area contributed by atoms with Crippen LogP contribution in [-0.4, -0.2) is 25.5 Å². The Morgan fingerprint density at radius 1 is 1.47 bits per heavy atom. The summed E-state index contributed by atoms with van der Waals surface area (Å²) < 4.78 is 11.6. The topological polar surface area (TPSA) is 97.5 Å². The van der Waals surface area contributed by atoms with Gasteiger partial charge in [0.25, 0.3) is 5.69 Å². The van der Waals surface area contributed by atoms with Crippen molar-refractivity contribution in [3.63, 3.8) is 0 Å². The van der Waals surface area contributed by atoms with Gasteiger partial charge in [-0.25, -0.2) is 0 Å². The highest BCUT2D eigenvalue weighted by atomic mass is 32.2. The van der Waals surface area contributed by atoms with E-state index in [2.05, 4.69) is 0 Å². The Morgan fingerprint density at radius 2 is 2.00 bits per heavy atom. The van der Waals surface area contributed by atoms with E-state index in [0.29, 0.717) is 5.56 Å². The zero-order chi connectivity index (χ0) is 13.0. The molecule has 0 saturated carbocycles. The first-order valence-corrected chi connectivity index (χ1v) is 6.13. The quantitative estimate of drug-likeness (QED) is 0.633. The Balaban J connectivity index is 2.73. The van der Waals surface area contributed by atoms with Gasteiger partial charge >= 0.3 is 5.97 Å². The van der Waals surface area contributed by atoms with E-state index in [9.17, 15) is 19.1 Å². The van der Waals surface area contributed by atoms with Crippen LogP contribution >= 0.6 is 0 Å². The molecule has 1 aromatic rings. The molecule has 0 aliphatic carbocycles. The fraction of sp³-hybridized carbons (Fsp3) is 0.300. The molecular weight excluding hydrogens is 246 g/mol. The van der Waals surface area contributed by atoms with Gasteiger partial charge in [0.1, 0.15) is 5.25 Å². The van der Waals surface area contributed by atoms with Gasteiger partial charge in [-0.2, -0.15) is 0 Å². The van der Waals surface area contributed by atoms with Gasteiger partial charge < -0.3 is 5.11 Å². The molecule has 0 fully saturated rings. The first-order valence-electron chi connectivity index (χ1n) is 4.75. The van der Waals surface area contributed by atoms with Gasteiger partial charge in [-0.15, -0.1) is 0 Å². The number of carboxylic acid groups (broad SMARTS) is 1. The highest BCUT2D eigenvalue weighted by Gasteiger charge is 2.19. The highest BCUT2D eigenvalue weighted by molar-refractivity contribution is 7.85. The van der Waals surface area contributed by atoms with E-state index < -0.39 is 26.9 Å². The standard InChI is InChI=1S/C10H11NO5S/c1-7(10(12)13)17(16)6-8-2-4-9(5-3-8)11(14)15/h2-5,7H,6H2,1H3,(H,12,13). The third kappa shape index (κ3) is 3.63. The lowest BCUT2D eigenvalue weighted by molar-refractivity contribution is -0.384. The SMILES string of the molecule is CC(C(=O)O)S(=O)Cc1ccc([N+](=O)[O-])cc1. The molecule has 7 heteroatoms. The van der Waals surface area contributed by atoms with Gasteiger partial charge in [-0.3, -0.25) is 19.1 Å². The number of nitro groups is 1. The highest BCUT2D eigenvalue weighted by Crippen LogP contribution is 2.14. The maximum absolute atomic E-state index is 11.6. The van der Waals surface area contributed by atoms with Crippen LogP contribution in [0, 0.1) is 10.1 Å². The van der Waals surface area contributed by atoms with E-state index in [-0.39, 0.29) is 11.4 Å². The van der Waals surface area contributed by atoms with E-state index in [4.69, 9.17) is 5.11 Å². The molecule has 2 unspecified atom stereocenters. The molecule has 0 aromatic heterocycles. The molecule has 0 aliphatic heterocycles. The van der Waals surface area contributed by atoms with Crippen LogP contribution in [0.4, 0.5) is 5.69 Å². The van der Waals surface area contributed by atoms with Gasteiger partial charge in [0.15, 0.2) is 0 Å². The molecule has 0 aliphatic rings. The number of nitrogens with zero attached hydrogens (tertiary/aromatic N) is 1. The molecule has 1 rings (SSSR count). The molecule has 1 N–H and O–H groups in total. The van der Waals surface area contributed by atoms with Crippen molar-refractivity contribution in [2.24, 2.45) is 0 Å². The summed E-state index contributed by atoms with van der Waals surface area (Å²) in [6.07, 6.45) is 0. The molecule has 0 heterocycles. The van der Waals surface area contributed by atoms with Crippen LogP contribution in [0.25, 0.3) is 0 Å². The number of aliphatic carboxylic acids is 1. The Kier molecular flexibility index (Phi) is 4.33. The number of hydrogen-bond acceptors (Lipinski definition) is 4. The van der Waals surface area contributed by atoms with Gasteiger partial charge in [0.2, 0.25) is 0 Å². The summed E-state index contributed by atoms with van der Waals surface area (Å²) in [5.74, 6) is -1.05. The molecule has 0 bridgehead atoms. The van der Waals surface area contributed by atoms with E-state index >= 15 is 0 Å². The molecule has 92 valence electrons. The van der Waals surface area contributed by atoms with Gasteiger partial charge in [0, 0.05) is 28.7 Å². The minimum absolute atomic E-state index is 0.0502. The van der Waals surface area contributed by atoms with Crippen LogP contribution < -0.4 is 0 Å². The third-order valence-electron chi connectivity index (χ3n) is 2.20. The Labute approximate surface area is 99.9 Å². The Morgan fingerprint density at radius 3 is 2.41 bits per heavy atom. The lowest BCUT2D eigenvalue weighted by atomic mass is 10.2. The number of carboxylic acids is 1. The summed E-state index contributed by atoms with van der Waals surface area (Å²) in [5, 5.41) is 18.1. The van der Waals surface area contributed by atoms with Crippen molar-refractivity contribution >= 4 is 22.5 Å². The summed E-state index contributed by atoms with van der Waals surface area (Å²) in [4.78, 5) is 20.5. The van der Waals surface area contributed by atoms with Crippen LogP contribution in [0.3, 0.4) is 0 Å². The summed E-state index contributed by atoms with van der Waals surface area (Å²) in [6, 6.07) is 5.56. The van der Waals surface area contributed by atoms with E-state index in [1.165, 1.54) is 31.2 Å². The van der Waals surface area contributed by atoms with Crippen molar-refractivity contribution in [3.05, 3.63) is 39.9 Å². The third-order valence-corrected chi connectivity index (χ3v) is 3.81. The van der Waals surface area contributed by atoms with Gasteiger partial charge in [-0.05, 0) is 12.5 Å². The molecule has 17 heavy (non-hydrogen) atoms. The fourth-order valence-corrected chi connectivity index (χ4v) is 2.11. The second kappa shape index (κ2) is 5.53. The average Bonchev–Trinajstić information content (AvgIpc) is 2.28. The van der Waals surface area contributed by atoms with Crippen molar-refractivity contribution in [2.75, 3.05) is 0 Å². The number of hydrogen-bond donors (Lipinski definition) is 1. The van der Waals surface area contributed by atoms with E-state index in [0.717, 1.165) is 0 Å². The Bertz CT molecular complexity index is 456. The van der Waals surface area contributed by atoms with E-state index in [1.54, 1.807) is 0 Å². The minimum atomic E-state index is -1.53. The molecule has 6 nitrogen and oxygen atoms in total. The molecule has 0 amide bonds. The average molecular weight is 257 g/mol. The normalized spacial score (nSPS) is 13.9. The molecule has 1 aromatic carbocycles. The number of rotatable bonds is 5. The lowest BCUT2D eigenvalue weighted by Gasteiger charge is -2.06. The minimum Gasteiger partial charge on any atom is -0.480 e. The number of carbonyl (C=O) groups is 1. The largest absolute Gasteiger partial charge is 0.480 e. The zero-order valence-corrected chi connectivity index (χ0v) is 9.85. The summed E-state index contributed by atoms with van der Waals surface area (Å²) >= 11 is 0. The zero-order valence-electron chi connectivity index (χ0n) is 9.03. The lowest BCUT2D eigenvalue weighted by Crippen LogP contribution is -2.22. The van der Waals surface area contributed by atoms with Crippen molar-refractivity contribution < 1.29 is 19.0 Å². The van der Waals surface area contributed by atoms with Crippen molar-refractivity contribution in [3.8, 4) is 0 Å². The van der Waals surface area contributed by atoms with Gasteiger partial charge in [-0.1, -0.05) is 12.1 Å². The summed E-state index contributed by atoms with van der Waals surface area (Å²) in [7, 11) is -1.53. The predicted octanol–water partition coefficient (Wildman–Crippen LogP) is 1.32. The van der Waals surface area contributed by atoms with Crippen molar-refractivity contribution in [1.29, 1.82) is 0 Å². The van der Waals surface area contributed by atoms with Crippen LogP contribution in [0.5, 0.6) is 0 Å². The maximum Gasteiger partial charge on any atom is 0.318 e. The summed E-state index contributed by atoms with van der Waals surface area (Å²) in [6.45, 7) is 1.36. The number of benzene rings is 1. The fourth-order valence-electron chi connectivity index (χ4n) is 1.12. The summed E-state index contributed by atoms with van der Waals surface area (Å²) in [5.41, 5.74) is 0.563. The van der Waals surface area contributed by atoms with Crippen molar-refractivity contribution in [1.82, 2.24) is 0 Å². The first kappa shape index (κ1) is 13.3. The van der Waals surface area contributed by atoms with Crippen LogP contribution in [-0.2, 0) is 21.3 Å². The molecule has 0 spiro atoms. The van der Waals surface area contributed by atoms with Gasteiger partial charge in [0.05, 0.1) is 4.92 Å². The predicted molar refractivity (Wildman–Crippen MR) is 62.0 cm³/mol. The molecule has 0 radical (unpaired) electrons. The number of non-ortho nitro benzene ring substituents is 1. The first-order chi connectivity index (χ1) is 7.91. The van der Waals surface area contributed by atoms with Crippen molar-refractivity contribution in [2.45, 2.75) is 17.9 Å². The monoisotopic (exact) mass is 257 g/mol. The maximum atomic E-state index is 11.6.